The van der Waals surface area contributed by atoms with Crippen molar-refractivity contribution in [2.45, 2.75) is 45.1 Å². The number of nitrogens with one attached hydrogen (secondary N) is 3. The molecule has 204 valence electrons. The maximum absolute atomic E-state index is 13.2. The van der Waals surface area contributed by atoms with Crippen molar-refractivity contribution in [3.8, 4) is 5.75 Å². The quantitative estimate of drug-likeness (QED) is 0.335. The molecule has 2 aromatic rings. The fourth-order valence-electron chi connectivity index (χ4n) is 4.71. The number of anilines is 1. The summed E-state index contributed by atoms with van der Waals surface area (Å²) in [5, 5.41) is 18.2. The number of carbonyl (C=O) groups is 3. The number of phenolic OH excluding ortho intramolecular Hbond substituents is 1. The van der Waals surface area contributed by atoms with Crippen molar-refractivity contribution in [2.24, 2.45) is 11.8 Å². The average molecular weight is 523 g/mol. The third-order valence-electron chi connectivity index (χ3n) is 7.14. The van der Waals surface area contributed by atoms with E-state index < -0.39 is 18.0 Å². The molecule has 0 unspecified atom stereocenters. The molecular weight excluding hydrogens is 484 g/mol. The highest BCUT2D eigenvalue weighted by molar-refractivity contribution is 5.95. The van der Waals surface area contributed by atoms with Crippen LogP contribution in [0.25, 0.3) is 0 Å². The topological polar surface area (TPSA) is 120 Å². The van der Waals surface area contributed by atoms with Crippen LogP contribution in [-0.2, 0) is 16.0 Å². The van der Waals surface area contributed by atoms with Gasteiger partial charge in [-0.2, -0.15) is 0 Å². The van der Waals surface area contributed by atoms with Crippen molar-refractivity contribution < 1.29 is 24.2 Å². The molecule has 9 nitrogen and oxygen atoms in total. The number of carbonyl (C=O) groups excluding carboxylic acids is 3. The fraction of sp³-hybridized carbons (Fsp3) is 0.483. The SMILES string of the molecule is CCOC(=O)c1ccc(NC(=O)N[C@@H](Cc2ccc(O)cc2)C(=O)NCC2CCN(CC3CC3)CC2)cc1. The number of hydrogen-bond acceptors (Lipinski definition) is 6. The van der Waals surface area contributed by atoms with E-state index in [-0.39, 0.29) is 24.7 Å². The zero-order chi connectivity index (χ0) is 26.9. The Balaban J connectivity index is 1.31. The zero-order valence-corrected chi connectivity index (χ0v) is 21.9. The summed E-state index contributed by atoms with van der Waals surface area (Å²) in [7, 11) is 0. The lowest BCUT2D eigenvalue weighted by Crippen LogP contribution is -2.50. The Labute approximate surface area is 223 Å². The number of hydrogen-bond donors (Lipinski definition) is 4. The van der Waals surface area contributed by atoms with Gasteiger partial charge in [0.25, 0.3) is 0 Å². The highest BCUT2D eigenvalue weighted by Crippen LogP contribution is 2.31. The molecule has 1 atom stereocenters. The van der Waals surface area contributed by atoms with Crippen LogP contribution in [0.15, 0.2) is 48.5 Å². The van der Waals surface area contributed by atoms with E-state index in [2.05, 4.69) is 20.9 Å². The normalized spacial score (nSPS) is 16.9. The summed E-state index contributed by atoms with van der Waals surface area (Å²) in [6, 6.07) is 11.6. The largest absolute Gasteiger partial charge is 0.508 e. The highest BCUT2D eigenvalue weighted by atomic mass is 16.5. The van der Waals surface area contributed by atoms with Gasteiger partial charge in [-0.1, -0.05) is 12.1 Å². The Kier molecular flexibility index (Phi) is 9.59. The van der Waals surface area contributed by atoms with Crippen molar-refractivity contribution in [2.75, 3.05) is 38.1 Å². The molecular formula is C29H38N4O5. The zero-order valence-electron chi connectivity index (χ0n) is 21.9. The minimum Gasteiger partial charge on any atom is -0.508 e. The second-order valence-electron chi connectivity index (χ2n) is 10.3. The first-order chi connectivity index (χ1) is 18.4. The summed E-state index contributed by atoms with van der Waals surface area (Å²) in [5.41, 5.74) is 1.69. The second kappa shape index (κ2) is 13.3. The number of nitrogens with zero attached hydrogens (tertiary/aromatic N) is 1. The molecule has 9 heteroatoms. The fourth-order valence-corrected chi connectivity index (χ4v) is 4.71. The number of rotatable bonds is 11. The molecule has 3 amide bonds. The van der Waals surface area contributed by atoms with Gasteiger partial charge < -0.3 is 30.7 Å². The molecule has 0 spiro atoms. The number of phenols is 1. The minimum atomic E-state index is -0.798. The molecule has 4 N–H and O–H groups in total. The van der Waals surface area contributed by atoms with Gasteiger partial charge in [0.05, 0.1) is 12.2 Å². The van der Waals surface area contributed by atoms with E-state index in [4.69, 9.17) is 4.74 Å². The van der Waals surface area contributed by atoms with E-state index in [1.165, 1.54) is 19.4 Å². The van der Waals surface area contributed by atoms with Crippen molar-refractivity contribution in [3.63, 3.8) is 0 Å². The van der Waals surface area contributed by atoms with E-state index in [1.807, 2.05) is 0 Å². The minimum absolute atomic E-state index is 0.139. The number of amides is 3. The van der Waals surface area contributed by atoms with Gasteiger partial charge in [0.15, 0.2) is 0 Å². The van der Waals surface area contributed by atoms with Crippen LogP contribution in [0.3, 0.4) is 0 Å². The Morgan fingerprint density at radius 2 is 1.66 bits per heavy atom. The summed E-state index contributed by atoms with van der Waals surface area (Å²) < 4.78 is 4.98. The van der Waals surface area contributed by atoms with Gasteiger partial charge in [-0.15, -0.1) is 0 Å². The lowest BCUT2D eigenvalue weighted by atomic mass is 9.96. The third kappa shape index (κ3) is 8.48. The van der Waals surface area contributed by atoms with E-state index in [0.29, 0.717) is 23.7 Å². The van der Waals surface area contributed by atoms with Gasteiger partial charge >= 0.3 is 12.0 Å². The average Bonchev–Trinajstić information content (AvgIpc) is 3.73. The van der Waals surface area contributed by atoms with Gasteiger partial charge in [0.2, 0.25) is 5.91 Å². The lowest BCUT2D eigenvalue weighted by molar-refractivity contribution is -0.123. The molecule has 38 heavy (non-hydrogen) atoms. The number of aromatic hydroxyl groups is 1. The molecule has 1 heterocycles. The molecule has 1 aliphatic heterocycles. The summed E-state index contributed by atoms with van der Waals surface area (Å²) in [6.07, 6.45) is 5.12. The van der Waals surface area contributed by atoms with Crippen LogP contribution in [0.4, 0.5) is 10.5 Å². The number of piperidine rings is 1. The second-order valence-corrected chi connectivity index (χ2v) is 10.3. The highest BCUT2D eigenvalue weighted by Gasteiger charge is 2.28. The van der Waals surface area contributed by atoms with Crippen molar-refractivity contribution in [3.05, 3.63) is 59.7 Å². The summed E-state index contributed by atoms with van der Waals surface area (Å²) >= 11 is 0. The first-order valence-electron chi connectivity index (χ1n) is 13.5. The van der Waals surface area contributed by atoms with E-state index >= 15 is 0 Å². The molecule has 2 aromatic carbocycles. The number of esters is 1. The van der Waals surface area contributed by atoms with Crippen LogP contribution < -0.4 is 16.0 Å². The first-order valence-corrected chi connectivity index (χ1v) is 13.5. The molecule has 2 aliphatic rings. The number of likely N-dealkylation sites (tertiary alicyclic amines) is 1. The van der Waals surface area contributed by atoms with Gasteiger partial charge in [0, 0.05) is 25.2 Å². The molecule has 0 radical (unpaired) electrons. The third-order valence-corrected chi connectivity index (χ3v) is 7.14. The van der Waals surface area contributed by atoms with Crippen LogP contribution in [0.2, 0.25) is 0 Å². The van der Waals surface area contributed by atoms with Gasteiger partial charge in [0.1, 0.15) is 11.8 Å². The van der Waals surface area contributed by atoms with Crippen molar-refractivity contribution in [1.29, 1.82) is 0 Å². The monoisotopic (exact) mass is 522 g/mol. The van der Waals surface area contributed by atoms with E-state index in [9.17, 15) is 19.5 Å². The van der Waals surface area contributed by atoms with Crippen molar-refractivity contribution in [1.82, 2.24) is 15.5 Å². The number of ether oxygens (including phenoxy) is 1. The molecule has 4 rings (SSSR count). The van der Waals surface area contributed by atoms with Crippen LogP contribution >= 0.6 is 0 Å². The standard InChI is InChI=1S/C29H38N4O5/c1-2-38-28(36)23-7-9-24(10-8-23)31-29(37)32-26(17-20-5-11-25(34)12-6-20)27(35)30-18-21-13-15-33(16-14-21)19-22-3-4-22/h5-12,21-22,26,34H,2-4,13-19H2,1H3,(H,30,35)(H2,31,32,37)/t26-/m0/s1. The number of benzene rings is 2. The Hall–Kier alpha value is -3.59. The Morgan fingerprint density at radius 1 is 0.974 bits per heavy atom. The maximum atomic E-state index is 13.2. The maximum Gasteiger partial charge on any atom is 0.338 e. The smallest absolute Gasteiger partial charge is 0.338 e. The van der Waals surface area contributed by atoms with E-state index in [0.717, 1.165) is 37.4 Å². The molecule has 2 fully saturated rings. The van der Waals surface area contributed by atoms with E-state index in [1.54, 1.807) is 55.5 Å². The summed E-state index contributed by atoms with van der Waals surface area (Å²) in [4.78, 5) is 40.4. The van der Waals surface area contributed by atoms with Gasteiger partial charge in [-0.25, -0.2) is 9.59 Å². The predicted octanol–water partition coefficient (Wildman–Crippen LogP) is 3.54. The molecule has 0 aromatic heterocycles. The van der Waals surface area contributed by atoms with Crippen LogP contribution in [0.5, 0.6) is 5.75 Å². The van der Waals surface area contributed by atoms with Crippen molar-refractivity contribution >= 4 is 23.6 Å². The number of urea groups is 1. The summed E-state index contributed by atoms with van der Waals surface area (Å²) in [6.45, 7) is 5.96. The van der Waals surface area contributed by atoms with Crippen LogP contribution in [0, 0.1) is 11.8 Å². The van der Waals surface area contributed by atoms with Crippen LogP contribution in [-0.4, -0.2) is 66.7 Å². The molecule has 0 bridgehead atoms. The molecule has 1 saturated heterocycles. The molecule has 1 saturated carbocycles. The van der Waals surface area contributed by atoms with Gasteiger partial charge in [-0.05, 0) is 99.5 Å². The Morgan fingerprint density at radius 3 is 2.29 bits per heavy atom. The first kappa shape index (κ1) is 27.4. The summed E-state index contributed by atoms with van der Waals surface area (Å²) in [5.74, 6) is 0.781. The predicted molar refractivity (Wildman–Crippen MR) is 145 cm³/mol. The van der Waals surface area contributed by atoms with Gasteiger partial charge in [-0.3, -0.25) is 4.79 Å². The molecule has 1 aliphatic carbocycles. The lowest BCUT2D eigenvalue weighted by Gasteiger charge is -2.32. The van der Waals surface area contributed by atoms with Crippen LogP contribution in [0.1, 0.15) is 48.5 Å². The Bertz CT molecular complexity index is 1080.